The predicted molar refractivity (Wildman–Crippen MR) is 122 cm³/mol. The maximum Gasteiger partial charge on any atom is 0.264 e. The molecule has 2 unspecified atom stereocenters. The fourth-order valence-electron chi connectivity index (χ4n) is 3.69. The van der Waals surface area contributed by atoms with Crippen LogP contribution < -0.4 is 10.1 Å². The number of carbonyl (C=O) groups excluding carboxylic acids is 1. The molecule has 2 aliphatic rings. The van der Waals surface area contributed by atoms with Crippen LogP contribution in [-0.2, 0) is 4.79 Å². The van der Waals surface area contributed by atoms with Gasteiger partial charge in [-0.05, 0) is 72.6 Å². The summed E-state index contributed by atoms with van der Waals surface area (Å²) in [5.74, 6) is 0.667. The zero-order chi connectivity index (χ0) is 21.4. The van der Waals surface area contributed by atoms with Crippen LogP contribution in [0.25, 0.3) is 17.0 Å². The van der Waals surface area contributed by atoms with E-state index in [0.29, 0.717) is 16.7 Å². The molecule has 1 saturated carbocycles. The summed E-state index contributed by atoms with van der Waals surface area (Å²) < 4.78 is 18.8. The smallest absolute Gasteiger partial charge is 0.264 e. The Bertz CT molecular complexity index is 1220. The molecule has 2 fully saturated rings. The van der Waals surface area contributed by atoms with E-state index in [4.69, 9.17) is 4.74 Å². The first-order valence-corrected chi connectivity index (χ1v) is 11.0. The van der Waals surface area contributed by atoms with Gasteiger partial charge in [-0.1, -0.05) is 18.2 Å². The minimum absolute atomic E-state index is 0.119. The monoisotopic (exact) mass is 433 g/mol. The highest BCUT2D eigenvalue weighted by Gasteiger charge is 2.39. The highest BCUT2D eigenvalue weighted by atomic mass is 32.2. The number of ether oxygens (including phenoxy) is 1. The molecule has 1 aromatic heterocycles. The maximum atomic E-state index is 13.1. The number of carbonyl (C=O) groups is 1. The highest BCUT2D eigenvalue weighted by molar-refractivity contribution is 8.18. The Balaban J connectivity index is 1.34. The van der Waals surface area contributed by atoms with Crippen LogP contribution in [0.5, 0.6) is 5.75 Å². The Morgan fingerprint density at radius 3 is 2.90 bits per heavy atom. The number of aromatic nitrogens is 1. The summed E-state index contributed by atoms with van der Waals surface area (Å²) in [5, 5.41) is 4.38. The maximum absolute atomic E-state index is 13.1. The first-order chi connectivity index (χ1) is 15.1. The van der Waals surface area contributed by atoms with E-state index < -0.39 is 0 Å². The molecule has 7 heteroatoms. The van der Waals surface area contributed by atoms with Crippen LogP contribution in [0.15, 0.2) is 64.6 Å². The van der Waals surface area contributed by atoms with E-state index in [-0.39, 0.29) is 23.7 Å². The van der Waals surface area contributed by atoms with Gasteiger partial charge in [-0.25, -0.2) is 4.39 Å². The summed E-state index contributed by atoms with van der Waals surface area (Å²) in [6.45, 7) is 2.52. The van der Waals surface area contributed by atoms with Gasteiger partial charge in [0, 0.05) is 17.5 Å². The lowest BCUT2D eigenvalue weighted by atomic mass is 10.1. The minimum atomic E-state index is -0.237. The van der Waals surface area contributed by atoms with Crippen molar-refractivity contribution in [1.82, 2.24) is 10.3 Å². The van der Waals surface area contributed by atoms with Crippen molar-refractivity contribution in [3.8, 4) is 5.75 Å². The molecule has 1 amide bonds. The number of pyridine rings is 1. The molecule has 1 aliphatic heterocycles. The van der Waals surface area contributed by atoms with Crippen LogP contribution in [0.2, 0.25) is 0 Å². The van der Waals surface area contributed by atoms with Gasteiger partial charge in [0.25, 0.3) is 5.91 Å². The first kappa shape index (κ1) is 19.8. The average molecular weight is 434 g/mol. The topological polar surface area (TPSA) is 63.6 Å². The fourth-order valence-corrected chi connectivity index (χ4v) is 4.57. The molecule has 5 nitrogen and oxygen atoms in total. The molecule has 1 N–H and O–H groups in total. The van der Waals surface area contributed by atoms with Crippen LogP contribution in [0.3, 0.4) is 0 Å². The van der Waals surface area contributed by atoms with Gasteiger partial charge in [-0.3, -0.25) is 14.8 Å². The molecule has 1 aliphatic carbocycles. The number of halogens is 1. The standard InChI is InChI=1S/C24H20FN3O2S/c1-2-30-21-9-10-26-19-8-3-14(11-18(19)21)12-22-23(29)28-24(31-22)27-20-13-17(20)15-4-6-16(25)7-5-15/h3-12,17,20H,2,13H2,1H3,(H,27,28,29). The molecule has 0 bridgehead atoms. The Kier molecular flexibility index (Phi) is 5.19. The number of amides is 1. The number of rotatable bonds is 5. The molecule has 0 radical (unpaired) electrons. The van der Waals surface area contributed by atoms with Crippen molar-refractivity contribution < 1.29 is 13.9 Å². The van der Waals surface area contributed by atoms with Crippen molar-refractivity contribution in [2.24, 2.45) is 4.99 Å². The van der Waals surface area contributed by atoms with Crippen molar-refractivity contribution >= 4 is 39.8 Å². The van der Waals surface area contributed by atoms with E-state index >= 15 is 0 Å². The number of hydrogen-bond donors (Lipinski definition) is 1. The van der Waals surface area contributed by atoms with E-state index in [1.54, 1.807) is 18.3 Å². The Morgan fingerprint density at radius 2 is 2.10 bits per heavy atom. The highest BCUT2D eigenvalue weighted by Crippen LogP contribution is 2.44. The fraction of sp³-hybridized carbons (Fsp3) is 0.208. The van der Waals surface area contributed by atoms with E-state index in [1.807, 2.05) is 37.3 Å². The third-order valence-electron chi connectivity index (χ3n) is 5.31. The molecule has 2 atom stereocenters. The van der Waals surface area contributed by atoms with Crippen LogP contribution in [0.1, 0.15) is 30.4 Å². The molecule has 5 rings (SSSR count). The number of benzene rings is 2. The zero-order valence-electron chi connectivity index (χ0n) is 16.8. The van der Waals surface area contributed by atoms with Crippen molar-refractivity contribution in [1.29, 1.82) is 0 Å². The van der Waals surface area contributed by atoms with Crippen LogP contribution in [0.4, 0.5) is 4.39 Å². The Labute approximate surface area is 183 Å². The second-order valence-corrected chi connectivity index (χ2v) is 8.51. The summed E-state index contributed by atoms with van der Waals surface area (Å²) >= 11 is 1.35. The van der Waals surface area contributed by atoms with Gasteiger partial charge in [-0.2, -0.15) is 0 Å². The summed E-state index contributed by atoms with van der Waals surface area (Å²) in [4.78, 5) is 22.1. The van der Waals surface area contributed by atoms with Crippen molar-refractivity contribution in [2.75, 3.05) is 6.61 Å². The second-order valence-electron chi connectivity index (χ2n) is 7.48. The van der Waals surface area contributed by atoms with Gasteiger partial charge in [-0.15, -0.1) is 0 Å². The number of nitrogens with zero attached hydrogens (tertiary/aromatic N) is 2. The van der Waals surface area contributed by atoms with Gasteiger partial charge >= 0.3 is 0 Å². The number of hydrogen-bond acceptors (Lipinski definition) is 5. The lowest BCUT2D eigenvalue weighted by Crippen LogP contribution is -2.20. The lowest BCUT2D eigenvalue weighted by molar-refractivity contribution is -0.115. The van der Waals surface area contributed by atoms with E-state index in [9.17, 15) is 9.18 Å². The number of fused-ring (bicyclic) bond motifs is 1. The quantitative estimate of drug-likeness (QED) is 0.582. The lowest BCUT2D eigenvalue weighted by Gasteiger charge is -2.07. The van der Waals surface area contributed by atoms with Crippen LogP contribution >= 0.6 is 11.8 Å². The Hall–Kier alpha value is -3.19. The number of aliphatic imine (C=N–C) groups is 1. The molecule has 1 saturated heterocycles. The molecule has 2 heterocycles. The third-order valence-corrected chi connectivity index (χ3v) is 6.24. The van der Waals surface area contributed by atoms with Crippen LogP contribution in [-0.4, -0.2) is 28.7 Å². The SMILES string of the molecule is CCOc1ccnc2ccc(C=C3SC(=NC4CC4c4ccc(F)cc4)NC3=O)cc12. The van der Waals surface area contributed by atoms with Gasteiger partial charge in [0.1, 0.15) is 11.6 Å². The van der Waals surface area contributed by atoms with Crippen molar-refractivity contribution in [3.63, 3.8) is 0 Å². The summed E-state index contributed by atoms with van der Waals surface area (Å²) in [7, 11) is 0. The molecule has 0 spiro atoms. The van der Waals surface area contributed by atoms with E-state index in [1.165, 1.54) is 23.9 Å². The molecule has 156 valence electrons. The summed E-state index contributed by atoms with van der Waals surface area (Å²) in [6.07, 6.45) is 4.49. The average Bonchev–Trinajstić information content (AvgIpc) is 3.44. The molecule has 2 aromatic carbocycles. The van der Waals surface area contributed by atoms with E-state index in [2.05, 4.69) is 15.3 Å². The predicted octanol–water partition coefficient (Wildman–Crippen LogP) is 4.89. The van der Waals surface area contributed by atoms with Gasteiger partial charge in [0.2, 0.25) is 0 Å². The van der Waals surface area contributed by atoms with Crippen molar-refractivity contribution in [2.45, 2.75) is 25.3 Å². The van der Waals surface area contributed by atoms with Crippen LogP contribution in [0, 0.1) is 5.82 Å². The van der Waals surface area contributed by atoms with Gasteiger partial charge < -0.3 is 10.1 Å². The largest absolute Gasteiger partial charge is 0.493 e. The minimum Gasteiger partial charge on any atom is -0.493 e. The van der Waals surface area contributed by atoms with E-state index in [0.717, 1.165) is 34.2 Å². The third kappa shape index (κ3) is 4.18. The molecule has 31 heavy (non-hydrogen) atoms. The Morgan fingerprint density at radius 1 is 1.26 bits per heavy atom. The summed E-state index contributed by atoms with van der Waals surface area (Å²) in [6, 6.07) is 14.4. The normalized spacial score (nSPS) is 22.8. The van der Waals surface area contributed by atoms with Gasteiger partial charge in [0.15, 0.2) is 5.17 Å². The van der Waals surface area contributed by atoms with Crippen molar-refractivity contribution in [3.05, 3.63) is 76.6 Å². The molecular formula is C24H20FN3O2S. The van der Waals surface area contributed by atoms with Gasteiger partial charge in [0.05, 0.1) is 23.1 Å². The summed E-state index contributed by atoms with van der Waals surface area (Å²) in [5.41, 5.74) is 2.83. The number of amidine groups is 1. The number of nitrogens with one attached hydrogen (secondary N) is 1. The zero-order valence-corrected chi connectivity index (χ0v) is 17.7. The number of thioether (sulfide) groups is 1. The second kappa shape index (κ2) is 8.15. The molecular weight excluding hydrogens is 413 g/mol. The molecule has 3 aromatic rings. The first-order valence-electron chi connectivity index (χ1n) is 10.2.